The minimum absolute atomic E-state index is 0.0579. The second-order valence-corrected chi connectivity index (χ2v) is 9.04. The summed E-state index contributed by atoms with van der Waals surface area (Å²) in [5.74, 6) is -2.47. The first kappa shape index (κ1) is 20.5. The van der Waals surface area contributed by atoms with E-state index in [-0.39, 0.29) is 12.8 Å². The molecule has 2 aromatic rings. The first-order valence-electron chi connectivity index (χ1n) is 9.25. The molecule has 0 heterocycles. The van der Waals surface area contributed by atoms with Gasteiger partial charge >= 0.3 is 11.2 Å². The Morgan fingerprint density at radius 2 is 1.54 bits per heavy atom. The highest BCUT2D eigenvalue weighted by atomic mass is 32.2. The van der Waals surface area contributed by atoms with Gasteiger partial charge in [-0.15, -0.1) is 0 Å². The van der Waals surface area contributed by atoms with Crippen LogP contribution in [0, 0.1) is 11.8 Å². The number of esters is 1. The fourth-order valence-electron chi connectivity index (χ4n) is 3.73. The molecule has 1 aliphatic rings. The molecule has 150 valence electrons. The van der Waals surface area contributed by atoms with Crippen molar-refractivity contribution < 1.29 is 26.7 Å². The number of carbonyl (C=O) groups excluding carboxylic acids is 1. The van der Waals surface area contributed by atoms with E-state index in [1.54, 1.807) is 36.4 Å². The third-order valence-corrected chi connectivity index (χ3v) is 7.07. The van der Waals surface area contributed by atoms with Crippen molar-refractivity contribution in [2.45, 2.75) is 42.3 Å². The van der Waals surface area contributed by atoms with Crippen LogP contribution < -0.4 is 4.74 Å². The Labute approximate surface area is 163 Å². The maximum Gasteiger partial charge on any atom is 0.353 e. The van der Waals surface area contributed by atoms with E-state index in [4.69, 9.17) is 4.74 Å². The maximum atomic E-state index is 15.2. The van der Waals surface area contributed by atoms with Crippen molar-refractivity contribution in [3.63, 3.8) is 0 Å². The van der Waals surface area contributed by atoms with Gasteiger partial charge in [-0.05, 0) is 43.0 Å². The summed E-state index contributed by atoms with van der Waals surface area (Å²) in [6, 6.07) is 15.1. The first-order chi connectivity index (χ1) is 13.3. The fraction of sp³-hybridized carbons (Fsp3) is 0.381. The summed E-state index contributed by atoms with van der Waals surface area (Å²) < 4.78 is 60.8. The van der Waals surface area contributed by atoms with Crippen LogP contribution in [0.15, 0.2) is 65.6 Å². The number of benzene rings is 2. The molecule has 4 nitrogen and oxygen atoms in total. The van der Waals surface area contributed by atoms with E-state index in [2.05, 4.69) is 0 Å². The third kappa shape index (κ3) is 4.24. The van der Waals surface area contributed by atoms with Crippen molar-refractivity contribution in [3.8, 4) is 5.75 Å². The van der Waals surface area contributed by atoms with Gasteiger partial charge < -0.3 is 4.74 Å². The zero-order chi connectivity index (χ0) is 20.2. The third-order valence-electron chi connectivity index (χ3n) is 5.16. The molecule has 0 aromatic heterocycles. The molecule has 28 heavy (non-hydrogen) atoms. The highest BCUT2D eigenvalue weighted by Gasteiger charge is 2.55. The van der Waals surface area contributed by atoms with Crippen molar-refractivity contribution in [2.75, 3.05) is 0 Å². The average Bonchev–Trinajstić information content (AvgIpc) is 2.69. The van der Waals surface area contributed by atoms with Crippen LogP contribution in [0.5, 0.6) is 5.75 Å². The van der Waals surface area contributed by atoms with Gasteiger partial charge in [0.1, 0.15) is 5.75 Å². The Balaban J connectivity index is 1.79. The quantitative estimate of drug-likeness (QED) is 0.506. The van der Waals surface area contributed by atoms with Crippen LogP contribution in [0.25, 0.3) is 0 Å². The normalized spacial score (nSPS) is 20.5. The monoisotopic (exact) mass is 408 g/mol. The van der Waals surface area contributed by atoms with Crippen molar-refractivity contribution >= 4 is 15.8 Å². The van der Waals surface area contributed by atoms with Gasteiger partial charge in [0, 0.05) is 12.3 Å². The highest BCUT2D eigenvalue weighted by molar-refractivity contribution is 7.92. The molecule has 3 rings (SSSR count). The first-order valence-corrected chi connectivity index (χ1v) is 10.7. The number of carbonyl (C=O) groups is 1. The lowest BCUT2D eigenvalue weighted by Crippen LogP contribution is -2.43. The number of ether oxygens (including phenoxy) is 1. The zero-order valence-electron chi connectivity index (χ0n) is 15.3. The Kier molecular flexibility index (Phi) is 6.13. The van der Waals surface area contributed by atoms with E-state index in [9.17, 15) is 13.2 Å². The lowest BCUT2D eigenvalue weighted by molar-refractivity contribution is -0.137. The second-order valence-electron chi connectivity index (χ2n) is 7.02. The van der Waals surface area contributed by atoms with E-state index in [0.717, 1.165) is 0 Å². The lowest BCUT2D eigenvalue weighted by Gasteiger charge is -2.36. The predicted molar refractivity (Wildman–Crippen MR) is 101 cm³/mol. The van der Waals surface area contributed by atoms with Gasteiger partial charge in [0.2, 0.25) is 9.84 Å². The zero-order valence-corrected chi connectivity index (χ0v) is 16.1. The number of sulfone groups is 1. The van der Waals surface area contributed by atoms with Crippen molar-refractivity contribution in [1.29, 1.82) is 0 Å². The van der Waals surface area contributed by atoms with E-state index in [0.29, 0.717) is 25.0 Å². The summed E-state index contributed by atoms with van der Waals surface area (Å²) in [6.07, 6.45) is 1.38. The SMILES string of the molecule is O=C(CC1CCCCC1C(F)(F)S(=O)(=O)c1ccccc1)Oc1ccccc1. The highest BCUT2D eigenvalue weighted by Crippen LogP contribution is 2.46. The van der Waals surface area contributed by atoms with Gasteiger partial charge in [-0.2, -0.15) is 8.78 Å². The number of alkyl halides is 2. The van der Waals surface area contributed by atoms with Crippen LogP contribution in [0.2, 0.25) is 0 Å². The van der Waals surface area contributed by atoms with Gasteiger partial charge in [0.05, 0.1) is 4.90 Å². The molecule has 0 N–H and O–H groups in total. The minimum atomic E-state index is -4.85. The number of hydrogen-bond donors (Lipinski definition) is 0. The van der Waals surface area contributed by atoms with Gasteiger partial charge in [0.25, 0.3) is 0 Å². The maximum absolute atomic E-state index is 15.2. The van der Waals surface area contributed by atoms with Crippen LogP contribution in [-0.2, 0) is 14.6 Å². The van der Waals surface area contributed by atoms with Crippen molar-refractivity contribution in [1.82, 2.24) is 0 Å². The Morgan fingerprint density at radius 1 is 0.964 bits per heavy atom. The average molecular weight is 408 g/mol. The molecule has 1 saturated carbocycles. The molecule has 1 aliphatic carbocycles. The fourth-order valence-corrected chi connectivity index (χ4v) is 5.26. The Hall–Kier alpha value is -2.28. The molecule has 2 unspecified atom stereocenters. The molecule has 0 bridgehead atoms. The second kappa shape index (κ2) is 8.39. The Bertz CT molecular complexity index is 899. The van der Waals surface area contributed by atoms with Gasteiger partial charge in [-0.1, -0.05) is 49.2 Å². The molecular formula is C21H22F2O4S. The van der Waals surface area contributed by atoms with Gasteiger partial charge in [0.15, 0.2) is 0 Å². The van der Waals surface area contributed by atoms with Crippen LogP contribution in [0.1, 0.15) is 32.1 Å². The van der Waals surface area contributed by atoms with Gasteiger partial charge in [-0.25, -0.2) is 8.42 Å². The summed E-state index contributed by atoms with van der Waals surface area (Å²) >= 11 is 0. The van der Waals surface area contributed by atoms with Crippen LogP contribution in [0.3, 0.4) is 0 Å². The molecule has 2 atom stereocenters. The number of para-hydroxylation sites is 1. The molecule has 0 aliphatic heterocycles. The minimum Gasteiger partial charge on any atom is -0.427 e. The standard InChI is InChI=1S/C21H22F2O4S/c22-21(23,28(25,26)18-12-5-2-6-13-18)19-14-8-7-9-16(19)15-20(24)27-17-10-3-1-4-11-17/h1-6,10-13,16,19H,7-9,14-15H2. The molecule has 2 aromatic carbocycles. The van der Waals surface area contributed by atoms with E-state index < -0.39 is 37.8 Å². The lowest BCUT2D eigenvalue weighted by atomic mass is 9.77. The van der Waals surface area contributed by atoms with E-state index in [1.807, 2.05) is 0 Å². The summed E-state index contributed by atoms with van der Waals surface area (Å²) in [6.45, 7) is 0. The predicted octanol–water partition coefficient (Wildman–Crippen LogP) is 4.86. The van der Waals surface area contributed by atoms with Gasteiger partial charge in [-0.3, -0.25) is 4.79 Å². The molecular weight excluding hydrogens is 386 g/mol. The Morgan fingerprint density at radius 3 is 2.18 bits per heavy atom. The molecule has 1 fully saturated rings. The van der Waals surface area contributed by atoms with Crippen LogP contribution >= 0.6 is 0 Å². The number of rotatable bonds is 6. The summed E-state index contributed by atoms with van der Waals surface area (Å²) in [7, 11) is -4.85. The largest absolute Gasteiger partial charge is 0.427 e. The molecule has 0 amide bonds. The van der Waals surface area contributed by atoms with E-state index in [1.165, 1.54) is 24.3 Å². The molecule has 7 heteroatoms. The molecule has 0 spiro atoms. The van der Waals surface area contributed by atoms with E-state index >= 15 is 8.78 Å². The van der Waals surface area contributed by atoms with Crippen LogP contribution in [-0.4, -0.2) is 19.6 Å². The summed E-state index contributed by atoms with van der Waals surface area (Å²) in [4.78, 5) is 11.8. The molecule has 0 radical (unpaired) electrons. The van der Waals surface area contributed by atoms with Crippen molar-refractivity contribution in [3.05, 3.63) is 60.7 Å². The van der Waals surface area contributed by atoms with Crippen LogP contribution in [0.4, 0.5) is 8.78 Å². The summed E-state index contributed by atoms with van der Waals surface area (Å²) in [5.41, 5.74) is 0. The summed E-state index contributed by atoms with van der Waals surface area (Å²) in [5, 5.41) is -3.95. The smallest absolute Gasteiger partial charge is 0.353 e. The van der Waals surface area contributed by atoms with Crippen molar-refractivity contribution in [2.24, 2.45) is 11.8 Å². The number of halogens is 2. The molecule has 0 saturated heterocycles. The topological polar surface area (TPSA) is 60.4 Å². The number of hydrogen-bond acceptors (Lipinski definition) is 4.